The number of nitrogens with one attached hydrogen (secondary N) is 1. The molecule has 0 radical (unpaired) electrons. The van der Waals surface area contributed by atoms with Crippen LogP contribution in [0, 0.1) is 0 Å². The molecule has 0 amide bonds. The zero-order chi connectivity index (χ0) is 13.9. The fourth-order valence-corrected chi connectivity index (χ4v) is 3.69. The minimum absolute atomic E-state index is 0.285. The third kappa shape index (κ3) is 2.80. The van der Waals surface area contributed by atoms with Crippen molar-refractivity contribution in [1.29, 1.82) is 0 Å². The lowest BCUT2D eigenvalue weighted by Crippen LogP contribution is -2.40. The van der Waals surface area contributed by atoms with E-state index >= 15 is 0 Å². The number of hydrazine groups is 1. The summed E-state index contributed by atoms with van der Waals surface area (Å²) >= 11 is 3.53. The molecule has 3 heteroatoms. The molecule has 2 nitrogen and oxygen atoms in total. The average molecular weight is 331 g/mol. The summed E-state index contributed by atoms with van der Waals surface area (Å²) in [4.78, 5) is 0. The van der Waals surface area contributed by atoms with Crippen molar-refractivity contribution in [1.82, 2.24) is 5.43 Å². The van der Waals surface area contributed by atoms with Crippen molar-refractivity contribution in [2.75, 3.05) is 0 Å². The summed E-state index contributed by atoms with van der Waals surface area (Å²) in [6, 6.07) is 17.5. The number of rotatable bonds is 4. The van der Waals surface area contributed by atoms with Crippen LogP contribution in [0.1, 0.15) is 29.0 Å². The van der Waals surface area contributed by atoms with Crippen molar-refractivity contribution in [3.63, 3.8) is 0 Å². The fraction of sp³-hybridized carbons (Fsp3) is 0.294. The molecule has 0 saturated heterocycles. The molecule has 3 rings (SSSR count). The van der Waals surface area contributed by atoms with E-state index in [2.05, 4.69) is 69.9 Å². The van der Waals surface area contributed by atoms with Gasteiger partial charge in [0, 0.05) is 16.4 Å². The van der Waals surface area contributed by atoms with E-state index in [-0.39, 0.29) is 6.04 Å². The van der Waals surface area contributed by atoms with Crippen molar-refractivity contribution in [3.8, 4) is 0 Å². The molecule has 0 heterocycles. The lowest BCUT2D eigenvalue weighted by molar-refractivity contribution is 0.434. The monoisotopic (exact) mass is 330 g/mol. The first-order valence-corrected chi connectivity index (χ1v) is 7.85. The van der Waals surface area contributed by atoms with E-state index in [1.807, 2.05) is 0 Å². The van der Waals surface area contributed by atoms with Gasteiger partial charge in [0.15, 0.2) is 0 Å². The number of halogens is 1. The molecule has 0 aromatic heterocycles. The lowest BCUT2D eigenvalue weighted by atomic mass is 9.89. The van der Waals surface area contributed by atoms with Crippen molar-refractivity contribution < 1.29 is 0 Å². The molecule has 104 valence electrons. The van der Waals surface area contributed by atoms with Crippen LogP contribution in [0.15, 0.2) is 53.0 Å². The zero-order valence-corrected chi connectivity index (χ0v) is 12.9. The molecule has 0 fully saturated rings. The standard InChI is InChI=1S/C17H19BrN2/c18-14-6-3-4-12(10-14)11-17(20-19)16-9-8-13-5-1-2-7-15(13)16/h1-7,10,16-17,20H,8-9,11,19H2. The normalized spacial score (nSPS) is 18.8. The molecule has 0 saturated carbocycles. The van der Waals surface area contributed by atoms with E-state index < -0.39 is 0 Å². The summed E-state index contributed by atoms with van der Waals surface area (Å²) in [5.74, 6) is 6.34. The van der Waals surface area contributed by atoms with Gasteiger partial charge >= 0.3 is 0 Å². The van der Waals surface area contributed by atoms with Crippen molar-refractivity contribution in [2.45, 2.75) is 31.2 Å². The zero-order valence-electron chi connectivity index (χ0n) is 11.4. The Morgan fingerprint density at radius 1 is 1.20 bits per heavy atom. The Morgan fingerprint density at radius 3 is 2.85 bits per heavy atom. The van der Waals surface area contributed by atoms with Crippen molar-refractivity contribution in [3.05, 3.63) is 69.7 Å². The van der Waals surface area contributed by atoms with Crippen LogP contribution in [0.3, 0.4) is 0 Å². The third-order valence-corrected chi connectivity index (χ3v) is 4.72. The SMILES string of the molecule is NNC(Cc1cccc(Br)c1)C1CCc2ccccc21. The van der Waals surface area contributed by atoms with Crippen molar-refractivity contribution in [2.24, 2.45) is 5.84 Å². The maximum atomic E-state index is 5.83. The smallest absolute Gasteiger partial charge is 0.0319 e. The van der Waals surface area contributed by atoms with E-state index in [9.17, 15) is 0 Å². The molecule has 0 spiro atoms. The van der Waals surface area contributed by atoms with E-state index in [1.165, 1.54) is 23.1 Å². The first kappa shape index (κ1) is 13.8. The highest BCUT2D eigenvalue weighted by atomic mass is 79.9. The fourth-order valence-electron chi connectivity index (χ4n) is 3.24. The molecule has 3 N–H and O–H groups in total. The van der Waals surface area contributed by atoms with E-state index in [0.29, 0.717) is 5.92 Å². The highest BCUT2D eigenvalue weighted by Crippen LogP contribution is 2.36. The Bertz CT molecular complexity index is 597. The summed E-state index contributed by atoms with van der Waals surface area (Å²) in [5, 5.41) is 0. The van der Waals surface area contributed by atoms with Crippen LogP contribution in [0.4, 0.5) is 0 Å². The molecule has 0 bridgehead atoms. The maximum Gasteiger partial charge on any atom is 0.0319 e. The quantitative estimate of drug-likeness (QED) is 0.664. The lowest BCUT2D eigenvalue weighted by Gasteiger charge is -2.24. The Kier molecular flexibility index (Phi) is 4.20. The second-order valence-corrected chi connectivity index (χ2v) is 6.37. The topological polar surface area (TPSA) is 38.0 Å². The highest BCUT2D eigenvalue weighted by molar-refractivity contribution is 9.10. The molecular weight excluding hydrogens is 312 g/mol. The molecule has 2 aromatic rings. The number of aryl methyl sites for hydroxylation is 1. The average Bonchev–Trinajstić information content (AvgIpc) is 2.89. The molecule has 2 atom stereocenters. The minimum Gasteiger partial charge on any atom is -0.271 e. The van der Waals surface area contributed by atoms with Gasteiger partial charge < -0.3 is 0 Å². The van der Waals surface area contributed by atoms with Gasteiger partial charge in [-0.3, -0.25) is 11.3 Å². The van der Waals surface area contributed by atoms with Crippen LogP contribution in [-0.2, 0) is 12.8 Å². The van der Waals surface area contributed by atoms with Crippen LogP contribution in [-0.4, -0.2) is 6.04 Å². The van der Waals surface area contributed by atoms with Gasteiger partial charge in [-0.15, -0.1) is 0 Å². The second kappa shape index (κ2) is 6.08. The predicted octanol–water partition coefficient (Wildman–Crippen LogP) is 3.55. The number of fused-ring (bicyclic) bond motifs is 1. The van der Waals surface area contributed by atoms with E-state index in [0.717, 1.165) is 17.3 Å². The first-order chi connectivity index (χ1) is 9.78. The number of hydrogen-bond donors (Lipinski definition) is 2. The van der Waals surface area contributed by atoms with Gasteiger partial charge in [0.25, 0.3) is 0 Å². The largest absolute Gasteiger partial charge is 0.271 e. The molecule has 20 heavy (non-hydrogen) atoms. The Balaban J connectivity index is 1.81. The number of benzene rings is 2. The molecule has 1 aliphatic carbocycles. The predicted molar refractivity (Wildman–Crippen MR) is 86.5 cm³/mol. The van der Waals surface area contributed by atoms with Gasteiger partial charge in [-0.1, -0.05) is 52.3 Å². The van der Waals surface area contributed by atoms with Crippen LogP contribution in [0.2, 0.25) is 0 Å². The summed E-state index contributed by atoms with van der Waals surface area (Å²) in [7, 11) is 0. The molecular formula is C17H19BrN2. The first-order valence-electron chi connectivity index (χ1n) is 7.06. The van der Waals surface area contributed by atoms with E-state index in [1.54, 1.807) is 0 Å². The van der Waals surface area contributed by atoms with Gasteiger partial charge in [-0.2, -0.15) is 0 Å². The van der Waals surface area contributed by atoms with Crippen LogP contribution < -0.4 is 11.3 Å². The van der Waals surface area contributed by atoms with Crippen LogP contribution >= 0.6 is 15.9 Å². The van der Waals surface area contributed by atoms with Gasteiger partial charge in [0.05, 0.1) is 0 Å². The van der Waals surface area contributed by atoms with Gasteiger partial charge in [-0.05, 0) is 48.1 Å². The highest BCUT2D eigenvalue weighted by Gasteiger charge is 2.28. The summed E-state index contributed by atoms with van der Waals surface area (Å²) in [6.07, 6.45) is 3.30. The Hall–Kier alpha value is -1.16. The van der Waals surface area contributed by atoms with E-state index in [4.69, 9.17) is 5.84 Å². The molecule has 1 aliphatic rings. The van der Waals surface area contributed by atoms with Crippen LogP contribution in [0.5, 0.6) is 0 Å². The number of nitrogens with two attached hydrogens (primary N) is 1. The molecule has 0 aliphatic heterocycles. The van der Waals surface area contributed by atoms with Crippen molar-refractivity contribution >= 4 is 15.9 Å². The Labute approximate surface area is 128 Å². The number of hydrogen-bond acceptors (Lipinski definition) is 2. The summed E-state index contributed by atoms with van der Waals surface area (Å²) in [6.45, 7) is 0. The summed E-state index contributed by atoms with van der Waals surface area (Å²) < 4.78 is 1.12. The van der Waals surface area contributed by atoms with Gasteiger partial charge in [0.1, 0.15) is 0 Å². The second-order valence-electron chi connectivity index (χ2n) is 5.45. The molecule has 2 unspecified atom stereocenters. The third-order valence-electron chi connectivity index (χ3n) is 4.22. The molecule has 2 aromatic carbocycles. The van der Waals surface area contributed by atoms with Gasteiger partial charge in [-0.25, -0.2) is 0 Å². The summed E-state index contributed by atoms with van der Waals surface area (Å²) in [5.41, 5.74) is 7.29. The maximum absolute atomic E-state index is 5.83. The van der Waals surface area contributed by atoms with Gasteiger partial charge in [0.2, 0.25) is 0 Å². The Morgan fingerprint density at radius 2 is 2.05 bits per heavy atom. The van der Waals surface area contributed by atoms with Crippen LogP contribution in [0.25, 0.3) is 0 Å². The minimum atomic E-state index is 0.285.